The molecule has 10 heteroatoms. The van der Waals surface area contributed by atoms with Gasteiger partial charge in [0.25, 0.3) is 0 Å². The molecule has 0 bridgehead atoms. The first kappa shape index (κ1) is 19.7. The van der Waals surface area contributed by atoms with Gasteiger partial charge in [-0.25, -0.2) is 9.97 Å². The van der Waals surface area contributed by atoms with E-state index in [0.29, 0.717) is 10.9 Å². The first-order valence-corrected chi connectivity index (χ1v) is 8.22. The highest BCUT2D eigenvalue weighted by atomic mass is 35.5. The zero-order valence-electron chi connectivity index (χ0n) is 14.6. The maximum absolute atomic E-state index is 13.4. The van der Waals surface area contributed by atoms with Crippen molar-refractivity contribution >= 4 is 40.0 Å². The number of carbonyl (C=O) groups excluding carboxylic acids is 1. The fourth-order valence-corrected chi connectivity index (χ4v) is 2.88. The number of nitrogens with zero attached hydrogens (tertiary/aromatic N) is 2. The van der Waals surface area contributed by atoms with Crippen LogP contribution in [0.4, 0.5) is 24.7 Å². The number of nitrogens with one attached hydrogen (secondary N) is 1. The minimum absolute atomic E-state index is 0.0776. The quantitative estimate of drug-likeness (QED) is 0.482. The van der Waals surface area contributed by atoms with Crippen LogP contribution in [0.2, 0.25) is 5.02 Å². The third kappa shape index (κ3) is 3.94. The Morgan fingerprint density at radius 2 is 1.93 bits per heavy atom. The summed E-state index contributed by atoms with van der Waals surface area (Å²) in [4.78, 5) is 19.4. The molecule has 1 heterocycles. The van der Waals surface area contributed by atoms with Crippen molar-refractivity contribution in [2.45, 2.75) is 13.1 Å². The van der Waals surface area contributed by atoms with Gasteiger partial charge in [-0.1, -0.05) is 17.7 Å². The van der Waals surface area contributed by atoms with Crippen LogP contribution in [0.1, 0.15) is 12.5 Å². The van der Waals surface area contributed by atoms with Crippen molar-refractivity contribution in [3.63, 3.8) is 0 Å². The molecule has 0 saturated carbocycles. The van der Waals surface area contributed by atoms with E-state index in [1.165, 1.54) is 44.6 Å². The minimum atomic E-state index is -4.67. The summed E-state index contributed by atoms with van der Waals surface area (Å²) >= 11 is 5.75. The van der Waals surface area contributed by atoms with Gasteiger partial charge in [0.2, 0.25) is 0 Å². The summed E-state index contributed by atoms with van der Waals surface area (Å²) in [6.45, 7) is 1.21. The molecule has 6 nitrogen and oxygen atoms in total. The second-order valence-corrected chi connectivity index (χ2v) is 6.03. The predicted octanol–water partition coefficient (Wildman–Crippen LogP) is 4.98. The van der Waals surface area contributed by atoms with Crippen molar-refractivity contribution in [2.75, 3.05) is 12.4 Å². The van der Waals surface area contributed by atoms with E-state index in [1.54, 1.807) is 0 Å². The second kappa shape index (κ2) is 7.51. The highest BCUT2D eigenvalue weighted by molar-refractivity contribution is 6.31. The SMILES string of the molecule is COc1cc2ncnc(Nc3cccc(Cl)c3C(F)(F)F)c2cc1OC(C)=O. The smallest absolute Gasteiger partial charge is 0.419 e. The third-order valence-electron chi connectivity index (χ3n) is 3.72. The van der Waals surface area contributed by atoms with Gasteiger partial charge in [0, 0.05) is 18.4 Å². The molecule has 0 fully saturated rings. The lowest BCUT2D eigenvalue weighted by atomic mass is 10.1. The molecule has 1 aromatic heterocycles. The Morgan fingerprint density at radius 3 is 2.57 bits per heavy atom. The Kier molecular flexibility index (Phi) is 5.28. The van der Waals surface area contributed by atoms with Crippen molar-refractivity contribution < 1.29 is 27.4 Å². The maximum Gasteiger partial charge on any atom is 0.419 e. The number of benzene rings is 2. The van der Waals surface area contributed by atoms with Gasteiger partial charge in [0.05, 0.1) is 28.9 Å². The Balaban J connectivity index is 2.15. The first-order chi connectivity index (χ1) is 13.2. The number of methoxy groups -OCH3 is 1. The summed E-state index contributed by atoms with van der Waals surface area (Å²) in [6, 6.07) is 6.67. The largest absolute Gasteiger partial charge is 0.493 e. The standard InChI is InChI=1S/C18H13ClF3N3O3/c1-9(26)28-15-6-10-13(7-14(15)27-2)23-8-24-17(10)25-12-5-3-4-11(19)16(12)18(20,21)22/h3-8H,1-2H3,(H,23,24,25). The zero-order valence-corrected chi connectivity index (χ0v) is 15.4. The number of carbonyl (C=O) groups is 1. The van der Waals surface area contributed by atoms with Gasteiger partial charge in [-0.2, -0.15) is 13.2 Å². The number of hydrogen-bond donors (Lipinski definition) is 1. The molecule has 0 spiro atoms. The lowest BCUT2D eigenvalue weighted by Crippen LogP contribution is -2.10. The van der Waals surface area contributed by atoms with Crippen LogP contribution in [0.3, 0.4) is 0 Å². The summed E-state index contributed by atoms with van der Waals surface area (Å²) < 4.78 is 50.5. The summed E-state index contributed by atoms with van der Waals surface area (Å²) in [7, 11) is 1.39. The lowest BCUT2D eigenvalue weighted by molar-refractivity contribution is -0.137. The summed E-state index contributed by atoms with van der Waals surface area (Å²) in [5.41, 5.74) is -0.914. The van der Waals surface area contributed by atoms with Crippen LogP contribution >= 0.6 is 11.6 Å². The molecule has 0 aliphatic heterocycles. The molecule has 0 amide bonds. The van der Waals surface area contributed by atoms with E-state index in [2.05, 4.69) is 15.3 Å². The van der Waals surface area contributed by atoms with Crippen molar-refractivity contribution in [1.29, 1.82) is 0 Å². The molecule has 2 aromatic carbocycles. The summed E-state index contributed by atoms with van der Waals surface area (Å²) in [5, 5.41) is 2.52. The van der Waals surface area contributed by atoms with Crippen LogP contribution < -0.4 is 14.8 Å². The molecule has 0 aliphatic carbocycles. The van der Waals surface area contributed by atoms with Crippen LogP contribution in [0.15, 0.2) is 36.7 Å². The number of fused-ring (bicyclic) bond motifs is 1. The Bertz CT molecular complexity index is 1060. The van der Waals surface area contributed by atoms with E-state index in [-0.39, 0.29) is 23.0 Å². The van der Waals surface area contributed by atoms with E-state index < -0.39 is 22.7 Å². The van der Waals surface area contributed by atoms with Gasteiger partial charge in [-0.15, -0.1) is 0 Å². The van der Waals surface area contributed by atoms with E-state index in [9.17, 15) is 18.0 Å². The number of anilines is 2. The summed E-state index contributed by atoms with van der Waals surface area (Å²) in [5.74, 6) is -0.180. The van der Waals surface area contributed by atoms with E-state index in [1.807, 2.05) is 0 Å². The Hall–Kier alpha value is -3.07. The van der Waals surface area contributed by atoms with E-state index in [4.69, 9.17) is 21.1 Å². The number of hydrogen-bond acceptors (Lipinski definition) is 6. The molecule has 0 saturated heterocycles. The van der Waals surface area contributed by atoms with Crippen LogP contribution in [-0.2, 0) is 11.0 Å². The van der Waals surface area contributed by atoms with Crippen molar-refractivity contribution in [2.24, 2.45) is 0 Å². The van der Waals surface area contributed by atoms with Gasteiger partial charge >= 0.3 is 12.1 Å². The average molecular weight is 412 g/mol. The summed E-state index contributed by atoms with van der Waals surface area (Å²) in [6.07, 6.45) is -3.48. The predicted molar refractivity (Wildman–Crippen MR) is 97.1 cm³/mol. The third-order valence-corrected chi connectivity index (χ3v) is 4.04. The minimum Gasteiger partial charge on any atom is -0.493 e. The second-order valence-electron chi connectivity index (χ2n) is 5.62. The maximum atomic E-state index is 13.4. The van der Waals surface area contributed by atoms with Crippen LogP contribution in [0.5, 0.6) is 11.5 Å². The van der Waals surface area contributed by atoms with Crippen molar-refractivity contribution in [1.82, 2.24) is 9.97 Å². The van der Waals surface area contributed by atoms with Crippen molar-refractivity contribution in [3.8, 4) is 11.5 Å². The molecular weight excluding hydrogens is 399 g/mol. The topological polar surface area (TPSA) is 73.3 Å². The Morgan fingerprint density at radius 1 is 1.18 bits per heavy atom. The molecule has 3 rings (SSSR count). The molecule has 28 heavy (non-hydrogen) atoms. The fourth-order valence-electron chi connectivity index (χ4n) is 2.60. The van der Waals surface area contributed by atoms with E-state index in [0.717, 1.165) is 6.07 Å². The van der Waals surface area contributed by atoms with Crippen LogP contribution in [-0.4, -0.2) is 23.0 Å². The van der Waals surface area contributed by atoms with Crippen molar-refractivity contribution in [3.05, 3.63) is 47.2 Å². The molecule has 0 atom stereocenters. The van der Waals surface area contributed by atoms with Crippen LogP contribution in [0, 0.1) is 0 Å². The molecule has 0 unspecified atom stereocenters. The number of halogens is 4. The molecule has 0 radical (unpaired) electrons. The fraction of sp³-hybridized carbons (Fsp3) is 0.167. The molecule has 146 valence electrons. The average Bonchev–Trinajstić information content (AvgIpc) is 2.60. The lowest BCUT2D eigenvalue weighted by Gasteiger charge is -2.17. The number of ether oxygens (including phenoxy) is 2. The van der Waals surface area contributed by atoms with E-state index >= 15 is 0 Å². The highest BCUT2D eigenvalue weighted by Crippen LogP contribution is 2.41. The zero-order chi connectivity index (χ0) is 20.5. The monoisotopic (exact) mass is 411 g/mol. The number of rotatable bonds is 4. The first-order valence-electron chi connectivity index (χ1n) is 7.84. The molecule has 0 aliphatic rings. The van der Waals surface area contributed by atoms with Gasteiger partial charge in [-0.05, 0) is 18.2 Å². The number of alkyl halides is 3. The number of esters is 1. The normalized spacial score (nSPS) is 11.4. The van der Waals surface area contributed by atoms with Gasteiger partial charge < -0.3 is 14.8 Å². The number of aromatic nitrogens is 2. The molecule has 3 aromatic rings. The Labute approximate surface area is 162 Å². The van der Waals surface area contributed by atoms with Gasteiger partial charge in [0.15, 0.2) is 11.5 Å². The van der Waals surface area contributed by atoms with Gasteiger partial charge in [-0.3, -0.25) is 4.79 Å². The van der Waals surface area contributed by atoms with Gasteiger partial charge in [0.1, 0.15) is 12.1 Å². The molecular formula is C18H13ClF3N3O3. The molecule has 1 N–H and O–H groups in total. The van der Waals surface area contributed by atoms with Crippen LogP contribution in [0.25, 0.3) is 10.9 Å². The highest BCUT2D eigenvalue weighted by Gasteiger charge is 2.36.